The Morgan fingerprint density at radius 2 is 2.00 bits per heavy atom. The fourth-order valence-corrected chi connectivity index (χ4v) is 2.68. The molecule has 0 amide bonds. The quantitative estimate of drug-likeness (QED) is 0.718. The third-order valence-electron chi connectivity index (χ3n) is 4.38. The molecule has 0 saturated heterocycles. The highest BCUT2D eigenvalue weighted by Crippen LogP contribution is 2.29. The molecule has 2 aliphatic rings. The topological polar surface area (TPSA) is 30.5 Å². The molecule has 0 spiro atoms. The summed E-state index contributed by atoms with van der Waals surface area (Å²) < 4.78 is 11.4. The number of benzene rings is 1. The van der Waals surface area contributed by atoms with Crippen molar-refractivity contribution in [1.29, 1.82) is 0 Å². The highest BCUT2D eigenvalue weighted by atomic mass is 16.5. The molecular weight excluding hydrogens is 262 g/mol. The van der Waals surface area contributed by atoms with Crippen LogP contribution in [-0.4, -0.2) is 32.9 Å². The molecule has 0 aliphatic heterocycles. The maximum absolute atomic E-state index is 5.94. The summed E-state index contributed by atoms with van der Waals surface area (Å²) in [5.41, 5.74) is 1.29. The van der Waals surface area contributed by atoms with Crippen molar-refractivity contribution in [3.05, 3.63) is 29.8 Å². The van der Waals surface area contributed by atoms with Gasteiger partial charge in [-0.25, -0.2) is 0 Å². The Morgan fingerprint density at radius 1 is 1.19 bits per heavy atom. The van der Waals surface area contributed by atoms with Gasteiger partial charge in [0, 0.05) is 19.2 Å². The number of hydrogen-bond acceptors (Lipinski definition) is 3. The number of nitrogens with one attached hydrogen (secondary N) is 1. The van der Waals surface area contributed by atoms with Gasteiger partial charge in [0.2, 0.25) is 0 Å². The van der Waals surface area contributed by atoms with Gasteiger partial charge in [-0.1, -0.05) is 18.2 Å². The number of methoxy groups -OCH3 is 1. The van der Waals surface area contributed by atoms with Crippen LogP contribution in [0, 0.1) is 11.8 Å². The largest absolute Gasteiger partial charge is 0.496 e. The summed E-state index contributed by atoms with van der Waals surface area (Å²) in [4.78, 5) is 0. The highest BCUT2D eigenvalue weighted by molar-refractivity contribution is 5.33. The summed E-state index contributed by atoms with van der Waals surface area (Å²) >= 11 is 0. The van der Waals surface area contributed by atoms with Gasteiger partial charge in [-0.3, -0.25) is 0 Å². The predicted molar refractivity (Wildman–Crippen MR) is 84.8 cm³/mol. The molecular formula is C18H27NO2. The van der Waals surface area contributed by atoms with E-state index < -0.39 is 0 Å². The van der Waals surface area contributed by atoms with Crippen LogP contribution in [0.3, 0.4) is 0 Å². The van der Waals surface area contributed by atoms with Crippen molar-refractivity contribution in [3.63, 3.8) is 0 Å². The summed E-state index contributed by atoms with van der Waals surface area (Å²) in [5, 5.41) is 3.65. The lowest BCUT2D eigenvalue weighted by atomic mass is 9.99. The van der Waals surface area contributed by atoms with Crippen molar-refractivity contribution in [1.82, 2.24) is 5.32 Å². The van der Waals surface area contributed by atoms with E-state index in [-0.39, 0.29) is 0 Å². The maximum Gasteiger partial charge on any atom is 0.122 e. The molecule has 0 aromatic heterocycles. The first kappa shape index (κ1) is 14.9. The van der Waals surface area contributed by atoms with E-state index in [1.807, 2.05) is 12.1 Å². The lowest BCUT2D eigenvalue weighted by Gasteiger charge is -2.19. The lowest BCUT2D eigenvalue weighted by molar-refractivity contribution is 0.0904. The van der Waals surface area contributed by atoms with Gasteiger partial charge >= 0.3 is 0 Å². The molecule has 2 saturated carbocycles. The number of para-hydroxylation sites is 1. The molecule has 1 unspecified atom stereocenters. The Morgan fingerprint density at radius 3 is 2.71 bits per heavy atom. The molecule has 2 fully saturated rings. The van der Waals surface area contributed by atoms with Crippen LogP contribution in [0.5, 0.6) is 5.75 Å². The Labute approximate surface area is 128 Å². The average molecular weight is 289 g/mol. The number of ether oxygens (including phenoxy) is 2. The van der Waals surface area contributed by atoms with Gasteiger partial charge < -0.3 is 14.8 Å². The molecule has 3 heteroatoms. The van der Waals surface area contributed by atoms with E-state index in [0.29, 0.717) is 5.92 Å². The highest BCUT2D eigenvalue weighted by Gasteiger charge is 2.24. The van der Waals surface area contributed by atoms with Crippen LogP contribution < -0.4 is 10.1 Å². The molecule has 21 heavy (non-hydrogen) atoms. The maximum atomic E-state index is 5.94. The zero-order valence-electron chi connectivity index (χ0n) is 13.0. The van der Waals surface area contributed by atoms with E-state index >= 15 is 0 Å². The fourth-order valence-electron chi connectivity index (χ4n) is 2.68. The van der Waals surface area contributed by atoms with Crippen molar-refractivity contribution in [2.45, 2.75) is 38.1 Å². The zero-order valence-corrected chi connectivity index (χ0v) is 13.0. The summed E-state index contributed by atoms with van der Waals surface area (Å²) in [5.74, 6) is 2.37. The molecule has 1 aromatic carbocycles. The van der Waals surface area contributed by atoms with Crippen LogP contribution in [0.4, 0.5) is 0 Å². The van der Waals surface area contributed by atoms with Crippen LogP contribution in [0.25, 0.3) is 0 Å². The minimum atomic E-state index is 0.528. The minimum absolute atomic E-state index is 0.528. The summed E-state index contributed by atoms with van der Waals surface area (Å²) in [6.07, 6.45) is 6.41. The van der Waals surface area contributed by atoms with Crippen LogP contribution >= 0.6 is 0 Å². The van der Waals surface area contributed by atoms with Gasteiger partial charge in [0.15, 0.2) is 0 Å². The van der Waals surface area contributed by atoms with E-state index in [1.54, 1.807) is 7.11 Å². The monoisotopic (exact) mass is 289 g/mol. The standard InChI is InChI=1S/C18H27NO2/c1-20-18-5-3-2-4-16(18)10-15(11-19-17-8-9-17)13-21-12-14-6-7-14/h2-5,14-15,17,19H,6-13H2,1H3. The Bertz CT molecular complexity index is 441. The predicted octanol–water partition coefficient (Wildman–Crippen LogP) is 3.03. The Hall–Kier alpha value is -1.06. The van der Waals surface area contributed by atoms with E-state index in [2.05, 4.69) is 17.4 Å². The summed E-state index contributed by atoms with van der Waals surface area (Å²) in [6, 6.07) is 9.10. The van der Waals surface area contributed by atoms with E-state index in [9.17, 15) is 0 Å². The Kier molecular flexibility index (Phi) is 5.15. The molecule has 3 nitrogen and oxygen atoms in total. The first-order chi connectivity index (χ1) is 10.3. The molecule has 1 aromatic rings. The fraction of sp³-hybridized carbons (Fsp3) is 0.667. The Balaban J connectivity index is 1.53. The molecule has 3 rings (SSSR count). The van der Waals surface area contributed by atoms with Crippen LogP contribution in [0.15, 0.2) is 24.3 Å². The smallest absolute Gasteiger partial charge is 0.122 e. The first-order valence-corrected chi connectivity index (χ1v) is 8.28. The van der Waals surface area contributed by atoms with Gasteiger partial charge in [0.25, 0.3) is 0 Å². The summed E-state index contributed by atoms with van der Waals surface area (Å²) in [6.45, 7) is 2.85. The van der Waals surface area contributed by atoms with E-state index in [0.717, 1.165) is 43.9 Å². The average Bonchev–Trinajstić information content (AvgIpc) is 3.38. The molecule has 2 aliphatic carbocycles. The summed E-state index contributed by atoms with van der Waals surface area (Å²) in [7, 11) is 1.75. The molecule has 0 radical (unpaired) electrons. The van der Waals surface area contributed by atoms with E-state index in [1.165, 1.54) is 31.2 Å². The second-order valence-corrected chi connectivity index (χ2v) is 6.55. The third kappa shape index (κ3) is 5.01. The molecule has 0 bridgehead atoms. The van der Waals surface area contributed by atoms with Crippen molar-refractivity contribution in [2.75, 3.05) is 26.9 Å². The molecule has 116 valence electrons. The van der Waals surface area contributed by atoms with Crippen LogP contribution in [0.2, 0.25) is 0 Å². The molecule has 1 atom stereocenters. The number of hydrogen-bond donors (Lipinski definition) is 1. The van der Waals surface area contributed by atoms with Crippen LogP contribution in [0.1, 0.15) is 31.2 Å². The first-order valence-electron chi connectivity index (χ1n) is 8.28. The normalized spacial score (nSPS) is 19.5. The van der Waals surface area contributed by atoms with Gasteiger partial charge in [-0.15, -0.1) is 0 Å². The van der Waals surface area contributed by atoms with Crippen LogP contribution in [-0.2, 0) is 11.2 Å². The zero-order chi connectivity index (χ0) is 14.5. The third-order valence-corrected chi connectivity index (χ3v) is 4.38. The van der Waals surface area contributed by atoms with Gasteiger partial charge in [-0.2, -0.15) is 0 Å². The van der Waals surface area contributed by atoms with Gasteiger partial charge in [-0.05, 0) is 55.6 Å². The van der Waals surface area contributed by atoms with Crippen molar-refractivity contribution < 1.29 is 9.47 Å². The lowest BCUT2D eigenvalue weighted by Crippen LogP contribution is -2.29. The second-order valence-electron chi connectivity index (χ2n) is 6.55. The SMILES string of the molecule is COc1ccccc1CC(CNC1CC1)COCC1CC1. The van der Waals surface area contributed by atoms with Crippen molar-refractivity contribution in [2.24, 2.45) is 11.8 Å². The molecule has 0 heterocycles. The second kappa shape index (κ2) is 7.28. The number of rotatable bonds is 10. The van der Waals surface area contributed by atoms with Gasteiger partial charge in [0.05, 0.1) is 13.7 Å². The van der Waals surface area contributed by atoms with Crippen molar-refractivity contribution >= 4 is 0 Å². The van der Waals surface area contributed by atoms with Crippen molar-refractivity contribution in [3.8, 4) is 5.75 Å². The van der Waals surface area contributed by atoms with E-state index in [4.69, 9.17) is 9.47 Å². The molecule has 1 N–H and O–H groups in total. The minimum Gasteiger partial charge on any atom is -0.496 e. The van der Waals surface area contributed by atoms with Gasteiger partial charge in [0.1, 0.15) is 5.75 Å².